The summed E-state index contributed by atoms with van der Waals surface area (Å²) in [6.07, 6.45) is -0.471. The van der Waals surface area contributed by atoms with Crippen LogP contribution in [0.5, 0.6) is 0 Å². The first-order valence-electron chi connectivity index (χ1n) is 3.07. The summed E-state index contributed by atoms with van der Waals surface area (Å²) in [6, 6.07) is 0. The summed E-state index contributed by atoms with van der Waals surface area (Å²) < 4.78 is 10.3. The van der Waals surface area contributed by atoms with Crippen LogP contribution in [-0.2, 0) is 9.36 Å². The maximum Gasteiger partial charge on any atom is 0.326 e. The zero-order valence-corrected chi connectivity index (χ0v) is 7.41. The van der Waals surface area contributed by atoms with Gasteiger partial charge in [0.25, 0.3) is 0 Å². The van der Waals surface area contributed by atoms with E-state index >= 15 is 0 Å². The van der Waals surface area contributed by atoms with Gasteiger partial charge in [-0.3, -0.25) is 9.36 Å². The minimum atomic E-state index is -4.01. The van der Waals surface area contributed by atoms with Crippen LogP contribution in [-0.4, -0.2) is 40.9 Å². The Morgan fingerprint density at radius 2 is 1.91 bits per heavy atom. The van der Waals surface area contributed by atoms with Crippen LogP contribution in [0.15, 0.2) is 0 Å². The molecule has 0 saturated heterocycles. The molecule has 0 aliphatic heterocycles. The van der Waals surface area contributed by atoms with Gasteiger partial charge in [0.1, 0.15) is 0 Å². The predicted molar refractivity (Wildman–Crippen MR) is 40.2 cm³/mol. The fraction of sp³-hybridized carbons (Fsp3) is 0.800. The van der Waals surface area contributed by atoms with E-state index < -0.39 is 7.60 Å². The molecule has 1 amide bonds. The molecule has 2 N–H and O–H groups in total. The highest BCUT2D eigenvalue weighted by molar-refractivity contribution is 7.51. The molecule has 0 aromatic carbocycles. The Hall–Kier alpha value is -0.380. The van der Waals surface area contributed by atoms with Gasteiger partial charge in [0.2, 0.25) is 5.91 Å². The van der Waals surface area contributed by atoms with Gasteiger partial charge >= 0.3 is 7.60 Å². The van der Waals surface area contributed by atoms with Gasteiger partial charge in [-0.1, -0.05) is 0 Å². The fourth-order valence-electron chi connectivity index (χ4n) is 0.465. The topological polar surface area (TPSA) is 77.8 Å². The minimum absolute atomic E-state index is 0.0999. The van der Waals surface area contributed by atoms with Crippen molar-refractivity contribution >= 4 is 13.5 Å². The summed E-state index contributed by atoms with van der Waals surface area (Å²) in [5.41, 5.74) is 0. The van der Waals surface area contributed by atoms with E-state index in [-0.39, 0.29) is 18.5 Å². The van der Waals surface area contributed by atoms with Gasteiger partial charge in [-0.15, -0.1) is 0 Å². The van der Waals surface area contributed by atoms with Crippen LogP contribution in [0, 0.1) is 0 Å². The molecule has 11 heavy (non-hydrogen) atoms. The van der Waals surface area contributed by atoms with Crippen molar-refractivity contribution in [3.63, 3.8) is 0 Å². The Bertz CT molecular complexity index is 185. The van der Waals surface area contributed by atoms with Crippen LogP contribution in [0.4, 0.5) is 0 Å². The molecule has 0 spiro atoms. The Morgan fingerprint density at radius 1 is 1.45 bits per heavy atom. The number of rotatable bonds is 3. The number of hydrogen-bond donors (Lipinski definition) is 2. The van der Waals surface area contributed by atoms with Crippen molar-refractivity contribution in [1.82, 2.24) is 4.90 Å². The first kappa shape index (κ1) is 10.6. The second kappa shape index (κ2) is 3.85. The number of hydrogen-bond acceptors (Lipinski definition) is 2. The van der Waals surface area contributed by atoms with Crippen molar-refractivity contribution in [3.8, 4) is 0 Å². The van der Waals surface area contributed by atoms with Crippen molar-refractivity contribution in [3.05, 3.63) is 0 Å². The number of amides is 1. The minimum Gasteiger partial charge on any atom is -0.349 e. The SMILES string of the molecule is CN(C)C(=O)CCP(=O)(O)O. The van der Waals surface area contributed by atoms with Gasteiger partial charge in [-0.05, 0) is 0 Å². The molecule has 5 nitrogen and oxygen atoms in total. The summed E-state index contributed by atoms with van der Waals surface area (Å²) in [7, 11) is -0.919. The Kier molecular flexibility index (Phi) is 3.72. The quantitative estimate of drug-likeness (QED) is 0.583. The van der Waals surface area contributed by atoms with Crippen molar-refractivity contribution in [2.75, 3.05) is 20.3 Å². The maximum atomic E-state index is 10.8. The average molecular weight is 181 g/mol. The second-order valence-electron chi connectivity index (χ2n) is 2.43. The highest BCUT2D eigenvalue weighted by Crippen LogP contribution is 2.34. The Morgan fingerprint density at radius 3 is 2.18 bits per heavy atom. The Labute approximate surface area is 65.2 Å². The third-order valence-electron chi connectivity index (χ3n) is 1.12. The van der Waals surface area contributed by atoms with E-state index in [4.69, 9.17) is 9.79 Å². The highest BCUT2D eigenvalue weighted by atomic mass is 31.2. The van der Waals surface area contributed by atoms with Crippen molar-refractivity contribution in [2.45, 2.75) is 6.42 Å². The Balaban J connectivity index is 3.73. The third kappa shape index (κ3) is 6.04. The van der Waals surface area contributed by atoms with E-state index in [0.717, 1.165) is 0 Å². The van der Waals surface area contributed by atoms with E-state index in [9.17, 15) is 9.36 Å². The molecule has 0 unspecified atom stereocenters. The first-order valence-corrected chi connectivity index (χ1v) is 4.87. The monoisotopic (exact) mass is 181 g/mol. The molecule has 0 heterocycles. The van der Waals surface area contributed by atoms with Crippen LogP contribution in [0.3, 0.4) is 0 Å². The van der Waals surface area contributed by atoms with E-state index in [1.54, 1.807) is 14.1 Å². The zero-order valence-electron chi connectivity index (χ0n) is 6.52. The van der Waals surface area contributed by atoms with Crippen LogP contribution < -0.4 is 0 Å². The summed E-state index contributed by atoms with van der Waals surface area (Å²) in [6.45, 7) is 0. The van der Waals surface area contributed by atoms with Crippen LogP contribution in [0.1, 0.15) is 6.42 Å². The smallest absolute Gasteiger partial charge is 0.326 e. The molecule has 66 valence electrons. The van der Waals surface area contributed by atoms with Gasteiger partial charge in [0, 0.05) is 20.5 Å². The average Bonchev–Trinajstić information content (AvgIpc) is 1.80. The molecule has 0 aliphatic rings. The van der Waals surface area contributed by atoms with Crippen LogP contribution in [0.2, 0.25) is 0 Å². The van der Waals surface area contributed by atoms with E-state index in [1.807, 2.05) is 0 Å². The second-order valence-corrected chi connectivity index (χ2v) is 4.20. The highest BCUT2D eigenvalue weighted by Gasteiger charge is 2.15. The van der Waals surface area contributed by atoms with E-state index in [2.05, 4.69) is 0 Å². The molecule has 6 heteroatoms. The molecular weight excluding hydrogens is 169 g/mol. The number of nitrogens with zero attached hydrogens (tertiary/aromatic N) is 1. The van der Waals surface area contributed by atoms with E-state index in [0.29, 0.717) is 0 Å². The fourth-order valence-corrected chi connectivity index (χ4v) is 0.947. The largest absolute Gasteiger partial charge is 0.349 e. The van der Waals surface area contributed by atoms with Gasteiger partial charge in [0.15, 0.2) is 0 Å². The van der Waals surface area contributed by atoms with Crippen LogP contribution >= 0.6 is 7.60 Å². The normalized spacial score (nSPS) is 11.3. The summed E-state index contributed by atoms with van der Waals surface area (Å²) in [5, 5.41) is 0. The summed E-state index contributed by atoms with van der Waals surface area (Å²) >= 11 is 0. The van der Waals surface area contributed by atoms with Crippen LogP contribution in [0.25, 0.3) is 0 Å². The standard InChI is InChI=1S/C5H12NO4P/c1-6(2)5(7)3-4-11(8,9)10/h3-4H2,1-2H3,(H2,8,9,10). The molecule has 0 atom stereocenters. The molecule has 0 aliphatic carbocycles. The molecule has 0 bridgehead atoms. The lowest BCUT2D eigenvalue weighted by Crippen LogP contribution is -2.22. The van der Waals surface area contributed by atoms with Gasteiger partial charge in [-0.25, -0.2) is 0 Å². The molecule has 0 rings (SSSR count). The zero-order chi connectivity index (χ0) is 9.07. The van der Waals surface area contributed by atoms with Crippen molar-refractivity contribution < 1.29 is 19.1 Å². The lowest BCUT2D eigenvalue weighted by molar-refractivity contribution is -0.128. The molecule has 0 saturated carbocycles. The third-order valence-corrected chi connectivity index (χ3v) is 1.92. The molecular formula is C5H12NO4P. The van der Waals surface area contributed by atoms with Crippen molar-refractivity contribution in [1.29, 1.82) is 0 Å². The van der Waals surface area contributed by atoms with E-state index in [1.165, 1.54) is 4.90 Å². The van der Waals surface area contributed by atoms with Gasteiger partial charge in [-0.2, -0.15) is 0 Å². The lowest BCUT2D eigenvalue weighted by Gasteiger charge is -2.09. The van der Waals surface area contributed by atoms with Gasteiger partial charge < -0.3 is 14.7 Å². The molecule has 0 fully saturated rings. The number of carbonyl (C=O) groups excluding carboxylic acids is 1. The molecule has 0 aromatic heterocycles. The molecule has 0 radical (unpaired) electrons. The van der Waals surface area contributed by atoms with Crippen molar-refractivity contribution in [2.24, 2.45) is 0 Å². The maximum absolute atomic E-state index is 10.8. The van der Waals surface area contributed by atoms with Gasteiger partial charge in [0.05, 0.1) is 6.16 Å². The lowest BCUT2D eigenvalue weighted by atomic mass is 10.4. The number of carbonyl (C=O) groups is 1. The first-order chi connectivity index (χ1) is 4.83. The summed E-state index contributed by atoms with van der Waals surface area (Å²) in [5.74, 6) is -0.270. The summed E-state index contributed by atoms with van der Waals surface area (Å²) in [4.78, 5) is 28.9. The molecule has 0 aromatic rings. The predicted octanol–water partition coefficient (Wildman–Crippen LogP) is -0.358.